The number of aliphatic imine (C=N–C) groups is 1. The van der Waals surface area contributed by atoms with Crippen LogP contribution in [0.1, 0.15) is 19.3 Å². The number of nitrogens with one attached hydrogen (secondary N) is 4. The first-order valence-corrected chi connectivity index (χ1v) is 27.1. The molecule has 0 saturated carbocycles. The van der Waals surface area contributed by atoms with Crippen molar-refractivity contribution in [2.75, 3.05) is 90.6 Å². The minimum absolute atomic E-state index is 0.000946. The summed E-state index contributed by atoms with van der Waals surface area (Å²) in [5, 5.41) is 58.2. The van der Waals surface area contributed by atoms with Crippen molar-refractivity contribution in [3.8, 4) is 0 Å². The van der Waals surface area contributed by atoms with Crippen LogP contribution < -0.4 is 36.8 Å². The number of likely N-dealkylation sites (tertiary alicyclic amines) is 2. The zero-order valence-electron chi connectivity index (χ0n) is 44.8. The number of aliphatic hydroxyl groups is 3. The van der Waals surface area contributed by atoms with E-state index >= 15 is 0 Å². The molecule has 0 radical (unpaired) electrons. The molecule has 6 atom stereocenters. The van der Waals surface area contributed by atoms with Gasteiger partial charge in [-0.05, 0) is 121 Å². The Labute approximate surface area is 496 Å². The van der Waals surface area contributed by atoms with Gasteiger partial charge in [-0.15, -0.1) is 0 Å². The van der Waals surface area contributed by atoms with E-state index in [0.717, 1.165) is 16.3 Å². The number of hydrogen-bond acceptors (Lipinski definition) is 16. The lowest BCUT2D eigenvalue weighted by atomic mass is 10.1. The molecule has 5 heterocycles. The van der Waals surface area contributed by atoms with Gasteiger partial charge in [-0.3, -0.25) is 19.2 Å². The Morgan fingerprint density at radius 1 is 0.571 bits per heavy atom. The number of β-amino-alcohol motifs (C(OH)–C–C–N with tert-alkyl or cyclic N) is 3. The van der Waals surface area contributed by atoms with Crippen molar-refractivity contribution in [3.05, 3.63) is 136 Å². The molecule has 28 heteroatoms. The normalized spacial score (nSPS) is 20.6. The molecule has 5 aromatic carbocycles. The van der Waals surface area contributed by atoms with E-state index in [9.17, 15) is 48.6 Å². The van der Waals surface area contributed by atoms with Crippen LogP contribution in [-0.4, -0.2) is 179 Å². The monoisotopic (exact) mass is 1220 g/mol. The van der Waals surface area contributed by atoms with Crippen LogP contribution in [0.4, 0.5) is 49.4 Å². The summed E-state index contributed by atoms with van der Waals surface area (Å²) in [5.41, 5.74) is 10.0. The van der Waals surface area contributed by atoms with E-state index in [0.29, 0.717) is 82.8 Å². The molecule has 446 valence electrons. The van der Waals surface area contributed by atoms with Gasteiger partial charge in [-0.25, -0.2) is 19.2 Å². The summed E-state index contributed by atoms with van der Waals surface area (Å²) < 4.78 is 10.2. The first-order valence-electron chi connectivity index (χ1n) is 25.9. The number of carboxylic acids is 2. The van der Waals surface area contributed by atoms with Gasteiger partial charge in [0.15, 0.2) is 0 Å². The van der Waals surface area contributed by atoms with Gasteiger partial charge in [-0.2, -0.15) is 4.99 Å². The van der Waals surface area contributed by atoms with Crippen LogP contribution in [0.3, 0.4) is 0 Å². The third-order valence-electron chi connectivity index (χ3n) is 12.9. The molecule has 10 rings (SSSR count). The van der Waals surface area contributed by atoms with E-state index < -0.39 is 66.3 Å². The molecule has 5 aromatic rings. The topological polar surface area (TPSA) is 356 Å². The zero-order chi connectivity index (χ0) is 60.9. The summed E-state index contributed by atoms with van der Waals surface area (Å²) in [4.78, 5) is 101. The number of aliphatic carboxylic acids is 2. The fourth-order valence-corrected chi connectivity index (χ4v) is 9.05. The predicted octanol–water partition coefficient (Wildman–Crippen LogP) is 5.43. The Morgan fingerprint density at radius 3 is 1.39 bits per heavy atom. The van der Waals surface area contributed by atoms with Crippen molar-refractivity contribution in [3.63, 3.8) is 0 Å². The SMILES string of the molecule is Nc1ccc(N2CCOCC2=O)cc1.O=C(Nc1ccc(N2CCOCC2=O)cc1)[C@H]1C[C@@H](O)CN1C(=O)Nc1ccc(Cl)cc1.O=C(O)[C@H]1C[C@@H](O)CN1.O=C(O)[C@H]1C[C@@H](O)CN1C(=O)Nc1ccc(Cl)cc1.O=C=Nc1ccc(Cl)cc1. The van der Waals surface area contributed by atoms with Crippen molar-refractivity contribution in [1.29, 1.82) is 0 Å². The van der Waals surface area contributed by atoms with E-state index in [2.05, 4.69) is 26.3 Å². The van der Waals surface area contributed by atoms with Gasteiger partial charge in [0.1, 0.15) is 31.3 Å². The Kier molecular flexibility index (Phi) is 24.8. The second-order valence-electron chi connectivity index (χ2n) is 19.0. The number of benzene rings is 5. The van der Waals surface area contributed by atoms with Crippen LogP contribution in [0, 0.1) is 0 Å². The molecule has 0 unspecified atom stereocenters. The van der Waals surface area contributed by atoms with Crippen molar-refractivity contribution >= 4 is 122 Å². The maximum absolute atomic E-state index is 12.9. The average Bonchev–Trinajstić information content (AvgIpc) is 4.30. The minimum atomic E-state index is -1.12. The number of halogens is 3. The van der Waals surface area contributed by atoms with Gasteiger partial charge in [0.05, 0.1) is 37.2 Å². The molecule has 25 nitrogen and oxygen atoms in total. The summed E-state index contributed by atoms with van der Waals surface area (Å²) in [5.74, 6) is -2.52. The largest absolute Gasteiger partial charge is 0.480 e. The first kappa shape index (κ1) is 65.0. The quantitative estimate of drug-likeness (QED) is 0.0499. The van der Waals surface area contributed by atoms with E-state index in [4.69, 9.17) is 65.3 Å². The Hall–Kier alpha value is -8.20. The number of morpholine rings is 2. The van der Waals surface area contributed by atoms with Crippen molar-refractivity contribution < 1.29 is 73.4 Å². The van der Waals surface area contributed by atoms with Crippen LogP contribution in [0.25, 0.3) is 0 Å². The molecule has 7 amide bonds. The molecule has 0 bridgehead atoms. The number of nitrogens with two attached hydrogens (primary N) is 1. The number of hydrogen-bond donors (Lipinski definition) is 10. The molecule has 11 N–H and O–H groups in total. The van der Waals surface area contributed by atoms with E-state index in [-0.39, 0.29) is 51.0 Å². The maximum Gasteiger partial charge on any atom is 0.326 e. The van der Waals surface area contributed by atoms with Crippen LogP contribution >= 0.6 is 34.8 Å². The lowest BCUT2D eigenvalue weighted by Crippen LogP contribution is -2.45. The minimum Gasteiger partial charge on any atom is -0.480 e. The van der Waals surface area contributed by atoms with Crippen LogP contribution in [-0.2, 0) is 38.2 Å². The van der Waals surface area contributed by atoms with Crippen molar-refractivity contribution in [2.24, 2.45) is 4.99 Å². The standard InChI is InChI=1S/C22H23ClN4O5.C12H13ClN2O4.C10H12N2O2.C7H4ClNO.C5H9NO3/c23-14-1-3-16(4-2-14)25-22(31)27-12-18(28)11-19(27)21(30)24-15-5-7-17(8-6-15)26-9-10-32-13-20(26)29;13-7-1-3-8(4-2-7)14-12(19)15-6-9(16)5-10(15)11(17)18;11-8-1-3-9(4-2-8)12-5-6-14-7-10(12)13;8-6-1-3-7(4-2-6)9-5-10;7-3-1-4(5(8)9)6-2-3/h1-8,18-19,28H,9-13H2,(H,24,30)(H,25,31);1-4,9-10,16H,5-6H2,(H,14,19)(H,17,18);1-4H,5-7,11H2;1-4H;3-4,6-7H,1-2H2,(H,8,9)/t18-,19-;9-,10-;;;3-,4-/m11..1/s1. The molecule has 5 aliphatic heterocycles. The predicted molar refractivity (Wildman–Crippen MR) is 312 cm³/mol. The lowest BCUT2D eigenvalue weighted by molar-refractivity contribution is -0.141. The Balaban J connectivity index is 0.000000184. The molecule has 0 aromatic heterocycles. The molecular formula is C56H61Cl3N10O15. The van der Waals surface area contributed by atoms with Crippen molar-refractivity contribution in [1.82, 2.24) is 15.1 Å². The highest BCUT2D eigenvalue weighted by atomic mass is 35.5. The number of anilines is 6. The number of carbonyl (C=O) groups excluding carboxylic acids is 6. The number of aliphatic hydroxyl groups excluding tert-OH is 3. The molecule has 5 aliphatic rings. The number of nitrogens with zero attached hydrogens (tertiary/aromatic N) is 5. The maximum atomic E-state index is 12.9. The molecule has 5 fully saturated rings. The van der Waals surface area contributed by atoms with Gasteiger partial charge < -0.3 is 81.6 Å². The third-order valence-corrected chi connectivity index (χ3v) is 13.6. The highest BCUT2D eigenvalue weighted by Gasteiger charge is 2.40. The summed E-state index contributed by atoms with van der Waals surface area (Å²) in [6.45, 7) is 2.84. The number of amides is 7. The number of carboxylic acid groups (broad SMARTS) is 2. The van der Waals surface area contributed by atoms with Gasteiger partial charge in [-0.1, -0.05) is 34.8 Å². The molecule has 84 heavy (non-hydrogen) atoms. The van der Waals surface area contributed by atoms with Crippen LogP contribution in [0.2, 0.25) is 15.1 Å². The smallest absolute Gasteiger partial charge is 0.326 e. The number of isocyanates is 1. The van der Waals surface area contributed by atoms with Gasteiger partial charge in [0, 0.05) is 101 Å². The number of urea groups is 2. The molecule has 0 spiro atoms. The molecule has 0 aliphatic carbocycles. The molecule has 5 saturated heterocycles. The summed E-state index contributed by atoms with van der Waals surface area (Å²) in [6, 6.07) is 30.4. The second kappa shape index (κ2) is 32.0. The number of ether oxygens (including phenoxy) is 2. The van der Waals surface area contributed by atoms with Crippen molar-refractivity contribution in [2.45, 2.75) is 55.7 Å². The third kappa shape index (κ3) is 20.0. The average molecular weight is 1220 g/mol. The lowest BCUT2D eigenvalue weighted by Gasteiger charge is -2.27. The fourth-order valence-electron chi connectivity index (χ4n) is 8.68. The summed E-state index contributed by atoms with van der Waals surface area (Å²) >= 11 is 17.2. The number of rotatable bonds is 9. The first-order chi connectivity index (χ1) is 40.2. The van der Waals surface area contributed by atoms with Gasteiger partial charge >= 0.3 is 24.0 Å². The van der Waals surface area contributed by atoms with Gasteiger partial charge in [0.2, 0.25) is 12.0 Å². The Bertz CT molecular complexity index is 3090. The van der Waals surface area contributed by atoms with Crippen LogP contribution in [0.5, 0.6) is 0 Å². The highest BCUT2D eigenvalue weighted by Crippen LogP contribution is 2.26. The second-order valence-corrected chi connectivity index (χ2v) is 20.3. The number of nitrogen functional groups attached to an aromatic ring is 1. The summed E-state index contributed by atoms with van der Waals surface area (Å²) in [6.07, 6.45) is -0.136. The van der Waals surface area contributed by atoms with Crippen LogP contribution in [0.15, 0.2) is 126 Å². The molecular weight excluding hydrogens is 1160 g/mol. The summed E-state index contributed by atoms with van der Waals surface area (Å²) in [7, 11) is 0. The Morgan fingerprint density at radius 2 is 0.988 bits per heavy atom. The highest BCUT2D eigenvalue weighted by molar-refractivity contribution is 6.31. The van der Waals surface area contributed by atoms with E-state index in [1.165, 1.54) is 11.0 Å². The van der Waals surface area contributed by atoms with E-state index in [1.807, 2.05) is 12.1 Å². The zero-order valence-corrected chi connectivity index (χ0v) is 47.0. The number of carbonyl (C=O) groups is 7. The fraction of sp³-hybridized carbons (Fsp3) is 0.321. The van der Waals surface area contributed by atoms with E-state index in [1.54, 1.807) is 119 Å². The van der Waals surface area contributed by atoms with Gasteiger partial charge in [0.25, 0.3) is 11.8 Å².